The monoisotopic (exact) mass is 222 g/mol. The van der Waals surface area contributed by atoms with Crippen molar-refractivity contribution >= 4 is 11.6 Å². The SMILES string of the molecule is CC(O)CN(C)c1cc(N)nc(C2CC2)n1. The Labute approximate surface area is 95.3 Å². The molecule has 16 heavy (non-hydrogen) atoms. The highest BCUT2D eigenvalue weighted by molar-refractivity contribution is 5.47. The van der Waals surface area contributed by atoms with Crippen molar-refractivity contribution in [3.05, 3.63) is 11.9 Å². The lowest BCUT2D eigenvalue weighted by Crippen LogP contribution is -2.28. The molecule has 1 aliphatic rings. The van der Waals surface area contributed by atoms with Crippen LogP contribution in [0, 0.1) is 0 Å². The normalized spacial score (nSPS) is 17.2. The fourth-order valence-corrected chi connectivity index (χ4v) is 1.68. The molecule has 88 valence electrons. The molecule has 0 spiro atoms. The van der Waals surface area contributed by atoms with Gasteiger partial charge in [0.1, 0.15) is 17.5 Å². The van der Waals surface area contributed by atoms with Gasteiger partial charge < -0.3 is 15.7 Å². The van der Waals surface area contributed by atoms with Crippen LogP contribution in [-0.4, -0.2) is 34.8 Å². The second-order valence-corrected chi connectivity index (χ2v) is 4.51. The van der Waals surface area contributed by atoms with E-state index in [2.05, 4.69) is 9.97 Å². The highest BCUT2D eigenvalue weighted by atomic mass is 16.3. The number of anilines is 2. The standard InChI is InChI=1S/C11H18N4O/c1-7(16)6-15(2)10-5-9(12)13-11(14-10)8-3-4-8/h5,7-8,16H,3-4,6H2,1-2H3,(H2,12,13,14). The van der Waals surface area contributed by atoms with Gasteiger partial charge in [0, 0.05) is 25.6 Å². The van der Waals surface area contributed by atoms with Crippen LogP contribution in [0.5, 0.6) is 0 Å². The van der Waals surface area contributed by atoms with Gasteiger partial charge in [0.2, 0.25) is 0 Å². The van der Waals surface area contributed by atoms with Crippen LogP contribution in [0.15, 0.2) is 6.07 Å². The van der Waals surface area contributed by atoms with Gasteiger partial charge in [-0.15, -0.1) is 0 Å². The third-order valence-electron chi connectivity index (χ3n) is 2.62. The molecular weight excluding hydrogens is 204 g/mol. The Bertz CT molecular complexity index is 376. The number of aromatic nitrogens is 2. The minimum Gasteiger partial charge on any atom is -0.392 e. The first-order valence-electron chi connectivity index (χ1n) is 5.60. The molecule has 0 aromatic carbocycles. The van der Waals surface area contributed by atoms with Gasteiger partial charge in [0.25, 0.3) is 0 Å². The molecule has 2 rings (SSSR count). The number of nitrogen functional groups attached to an aromatic ring is 1. The largest absolute Gasteiger partial charge is 0.392 e. The number of hydrogen-bond acceptors (Lipinski definition) is 5. The average Bonchev–Trinajstić information content (AvgIpc) is 2.98. The highest BCUT2D eigenvalue weighted by Crippen LogP contribution is 2.38. The zero-order chi connectivity index (χ0) is 11.7. The van der Waals surface area contributed by atoms with Crippen LogP contribution in [0.4, 0.5) is 11.6 Å². The molecule has 1 aliphatic carbocycles. The van der Waals surface area contributed by atoms with Crippen molar-refractivity contribution in [2.24, 2.45) is 0 Å². The van der Waals surface area contributed by atoms with Gasteiger partial charge >= 0.3 is 0 Å². The summed E-state index contributed by atoms with van der Waals surface area (Å²) in [6.07, 6.45) is 1.93. The molecule has 1 saturated carbocycles. The van der Waals surface area contributed by atoms with Gasteiger partial charge in [-0.3, -0.25) is 0 Å². The van der Waals surface area contributed by atoms with Crippen molar-refractivity contribution in [1.82, 2.24) is 9.97 Å². The van der Waals surface area contributed by atoms with Crippen molar-refractivity contribution in [1.29, 1.82) is 0 Å². The molecule has 5 nitrogen and oxygen atoms in total. The summed E-state index contributed by atoms with van der Waals surface area (Å²) in [5, 5.41) is 9.33. The Kier molecular flexibility index (Phi) is 2.96. The Morgan fingerprint density at radius 3 is 2.81 bits per heavy atom. The number of hydrogen-bond donors (Lipinski definition) is 2. The topological polar surface area (TPSA) is 75.3 Å². The predicted octanol–water partition coefficient (Wildman–Crippen LogP) is 0.753. The maximum Gasteiger partial charge on any atom is 0.136 e. The zero-order valence-electron chi connectivity index (χ0n) is 9.72. The minimum absolute atomic E-state index is 0.384. The van der Waals surface area contributed by atoms with Gasteiger partial charge in [-0.05, 0) is 19.8 Å². The van der Waals surface area contributed by atoms with Crippen LogP contribution < -0.4 is 10.6 Å². The first-order valence-corrected chi connectivity index (χ1v) is 5.60. The van der Waals surface area contributed by atoms with Crippen molar-refractivity contribution < 1.29 is 5.11 Å². The van der Waals surface area contributed by atoms with Crippen LogP contribution >= 0.6 is 0 Å². The molecule has 0 saturated heterocycles. The van der Waals surface area contributed by atoms with Gasteiger partial charge in [-0.1, -0.05) is 0 Å². The van der Waals surface area contributed by atoms with Crippen LogP contribution in [0.25, 0.3) is 0 Å². The molecule has 5 heteroatoms. The minimum atomic E-state index is -0.384. The zero-order valence-corrected chi connectivity index (χ0v) is 9.72. The van der Waals surface area contributed by atoms with E-state index in [1.165, 1.54) is 0 Å². The van der Waals surface area contributed by atoms with E-state index in [1.807, 2.05) is 11.9 Å². The summed E-state index contributed by atoms with van der Waals surface area (Å²) in [6.45, 7) is 2.30. The molecule has 1 unspecified atom stereocenters. The summed E-state index contributed by atoms with van der Waals surface area (Å²) >= 11 is 0. The third-order valence-corrected chi connectivity index (χ3v) is 2.62. The lowest BCUT2D eigenvalue weighted by atomic mass is 10.3. The molecule has 0 amide bonds. The number of rotatable bonds is 4. The van der Waals surface area contributed by atoms with Crippen LogP contribution in [0.2, 0.25) is 0 Å². The quantitative estimate of drug-likeness (QED) is 0.786. The lowest BCUT2D eigenvalue weighted by Gasteiger charge is -2.20. The van der Waals surface area contributed by atoms with Gasteiger partial charge in [-0.2, -0.15) is 0 Å². The number of likely N-dealkylation sites (N-methyl/N-ethyl adjacent to an activating group) is 1. The Balaban J connectivity index is 2.19. The number of aliphatic hydroxyl groups excluding tert-OH is 1. The van der Waals surface area contributed by atoms with Crippen LogP contribution in [0.1, 0.15) is 31.5 Å². The summed E-state index contributed by atoms with van der Waals surface area (Å²) in [4.78, 5) is 10.6. The molecule has 3 N–H and O–H groups in total. The molecule has 0 radical (unpaired) electrons. The molecule has 1 atom stereocenters. The van der Waals surface area contributed by atoms with E-state index in [1.54, 1.807) is 13.0 Å². The number of nitrogens with zero attached hydrogens (tertiary/aromatic N) is 3. The molecule has 1 fully saturated rings. The maximum absolute atomic E-state index is 9.33. The maximum atomic E-state index is 9.33. The molecule has 1 aromatic heterocycles. The number of aliphatic hydroxyl groups is 1. The molecule has 1 aromatic rings. The van der Waals surface area contributed by atoms with E-state index in [9.17, 15) is 5.11 Å². The van der Waals surface area contributed by atoms with Gasteiger partial charge in [0.05, 0.1) is 6.10 Å². The van der Waals surface area contributed by atoms with E-state index in [-0.39, 0.29) is 6.10 Å². The summed E-state index contributed by atoms with van der Waals surface area (Å²) < 4.78 is 0. The van der Waals surface area contributed by atoms with Crippen molar-refractivity contribution in [3.63, 3.8) is 0 Å². The lowest BCUT2D eigenvalue weighted by molar-refractivity contribution is 0.201. The first kappa shape index (κ1) is 11.1. The van der Waals surface area contributed by atoms with E-state index in [4.69, 9.17) is 5.73 Å². The summed E-state index contributed by atoms with van der Waals surface area (Å²) in [7, 11) is 1.89. The van der Waals surface area contributed by atoms with Crippen molar-refractivity contribution in [2.75, 3.05) is 24.2 Å². The average molecular weight is 222 g/mol. The second-order valence-electron chi connectivity index (χ2n) is 4.51. The van der Waals surface area contributed by atoms with Crippen molar-refractivity contribution in [3.8, 4) is 0 Å². The highest BCUT2D eigenvalue weighted by Gasteiger charge is 2.27. The summed E-state index contributed by atoms with van der Waals surface area (Å²) in [5.74, 6) is 2.62. The third kappa shape index (κ3) is 2.61. The Morgan fingerprint density at radius 2 is 2.25 bits per heavy atom. The molecule has 1 heterocycles. The van der Waals surface area contributed by atoms with E-state index in [0.29, 0.717) is 18.3 Å². The van der Waals surface area contributed by atoms with E-state index in [0.717, 1.165) is 24.5 Å². The smallest absolute Gasteiger partial charge is 0.136 e. The second kappa shape index (κ2) is 4.25. The number of nitrogens with two attached hydrogens (primary N) is 1. The molecular formula is C11H18N4O. The first-order chi connectivity index (χ1) is 7.56. The summed E-state index contributed by atoms with van der Waals surface area (Å²) in [5.41, 5.74) is 5.75. The van der Waals surface area contributed by atoms with E-state index < -0.39 is 0 Å². The van der Waals surface area contributed by atoms with Crippen molar-refractivity contribution in [2.45, 2.75) is 31.8 Å². The van der Waals surface area contributed by atoms with E-state index >= 15 is 0 Å². The van der Waals surface area contributed by atoms with Crippen LogP contribution in [-0.2, 0) is 0 Å². The predicted molar refractivity (Wildman–Crippen MR) is 63.4 cm³/mol. The van der Waals surface area contributed by atoms with Crippen LogP contribution in [0.3, 0.4) is 0 Å². The fourth-order valence-electron chi connectivity index (χ4n) is 1.68. The fraction of sp³-hybridized carbons (Fsp3) is 0.636. The Morgan fingerprint density at radius 1 is 1.56 bits per heavy atom. The molecule has 0 bridgehead atoms. The molecule has 0 aliphatic heterocycles. The summed E-state index contributed by atoms with van der Waals surface area (Å²) in [6, 6.07) is 1.74. The Hall–Kier alpha value is -1.36. The van der Waals surface area contributed by atoms with Gasteiger partial charge in [0.15, 0.2) is 0 Å². The van der Waals surface area contributed by atoms with Gasteiger partial charge in [-0.25, -0.2) is 9.97 Å².